The average molecular weight is 485 g/mol. The number of aromatic nitrogens is 1. The smallest absolute Gasteiger partial charge is 0.269 e. The molecule has 0 saturated heterocycles. The molecule has 0 aliphatic carbocycles. The maximum Gasteiger partial charge on any atom is 0.269 e. The second kappa shape index (κ2) is 8.36. The summed E-state index contributed by atoms with van der Waals surface area (Å²) in [5, 5.41) is 0.604. The lowest BCUT2D eigenvalue weighted by Crippen LogP contribution is -2.19. The third-order valence-electron chi connectivity index (χ3n) is 4.28. The van der Waals surface area contributed by atoms with Crippen molar-refractivity contribution in [1.82, 2.24) is 8.87 Å². The van der Waals surface area contributed by atoms with Gasteiger partial charge in [-0.2, -0.15) is 0 Å². The van der Waals surface area contributed by atoms with E-state index in [0.29, 0.717) is 38.3 Å². The normalized spacial score (nSPS) is 13.2. The molecule has 0 saturated carbocycles. The van der Waals surface area contributed by atoms with Crippen molar-refractivity contribution in [2.45, 2.75) is 9.79 Å². The monoisotopic (exact) mass is 484 g/mol. The van der Waals surface area contributed by atoms with Crippen molar-refractivity contribution in [2.75, 3.05) is 33.5 Å². The summed E-state index contributed by atoms with van der Waals surface area (Å²) in [6.45, 7) is 0.625. The zero-order chi connectivity index (χ0) is 20.5. The third-order valence-corrected chi connectivity index (χ3v) is 8.34. The molecule has 150 valence electrons. The molecule has 9 heteroatoms. The van der Waals surface area contributed by atoms with Crippen molar-refractivity contribution in [2.24, 2.45) is 0 Å². The maximum absolute atomic E-state index is 13.3. The summed E-state index contributed by atoms with van der Waals surface area (Å²) in [4.78, 5) is 2.56. The molecule has 1 aromatic heterocycles. The van der Waals surface area contributed by atoms with E-state index in [-0.39, 0.29) is 4.90 Å². The zero-order valence-electron chi connectivity index (χ0n) is 15.8. The van der Waals surface area contributed by atoms with E-state index in [1.807, 2.05) is 19.0 Å². The summed E-state index contributed by atoms with van der Waals surface area (Å²) < 4.78 is 46.5. The molecule has 0 amide bonds. The molecule has 3 aromatic rings. The molecule has 0 radical (unpaired) electrons. The van der Waals surface area contributed by atoms with Crippen LogP contribution < -0.4 is 4.74 Å². The molecule has 1 unspecified atom stereocenters. The molecule has 1 atom stereocenters. The van der Waals surface area contributed by atoms with Crippen LogP contribution >= 0.6 is 15.9 Å². The lowest BCUT2D eigenvalue weighted by atomic mass is 10.2. The number of benzene rings is 2. The Labute approximate surface area is 175 Å². The SMILES string of the molecule is COc1ccc2c(c1)c(S(=O)CCN(C)C)cn2S(=O)(=O)c1ccccc1Br. The largest absolute Gasteiger partial charge is 0.497 e. The second-order valence-electron chi connectivity index (χ2n) is 6.46. The van der Waals surface area contributed by atoms with Crippen molar-refractivity contribution >= 4 is 47.7 Å². The number of rotatable bonds is 7. The van der Waals surface area contributed by atoms with Gasteiger partial charge in [-0.1, -0.05) is 12.1 Å². The Morgan fingerprint density at radius 2 is 1.89 bits per heavy atom. The molecule has 0 aliphatic heterocycles. The van der Waals surface area contributed by atoms with Gasteiger partial charge >= 0.3 is 0 Å². The first kappa shape index (κ1) is 21.0. The molecule has 2 aromatic carbocycles. The van der Waals surface area contributed by atoms with Crippen LogP contribution in [0.1, 0.15) is 0 Å². The first-order chi connectivity index (χ1) is 13.3. The Bertz CT molecular complexity index is 1140. The number of hydrogen-bond acceptors (Lipinski definition) is 5. The van der Waals surface area contributed by atoms with E-state index in [0.717, 1.165) is 0 Å². The summed E-state index contributed by atoms with van der Waals surface area (Å²) in [6, 6.07) is 11.7. The van der Waals surface area contributed by atoms with Crippen molar-refractivity contribution in [3.05, 3.63) is 53.1 Å². The van der Waals surface area contributed by atoms with Crippen LogP contribution in [0.25, 0.3) is 10.9 Å². The van der Waals surface area contributed by atoms with Crippen LogP contribution in [0.3, 0.4) is 0 Å². The molecule has 0 fully saturated rings. The van der Waals surface area contributed by atoms with E-state index in [1.165, 1.54) is 16.2 Å². The van der Waals surface area contributed by atoms with E-state index in [2.05, 4.69) is 15.9 Å². The first-order valence-corrected chi connectivity index (χ1v) is 12.0. The first-order valence-electron chi connectivity index (χ1n) is 8.48. The number of halogens is 1. The fourth-order valence-electron chi connectivity index (χ4n) is 2.79. The summed E-state index contributed by atoms with van der Waals surface area (Å²) in [5.41, 5.74) is 0.463. The molecule has 1 heterocycles. The molecule has 0 bridgehead atoms. The van der Waals surface area contributed by atoms with Crippen molar-refractivity contribution in [1.29, 1.82) is 0 Å². The second-order valence-corrected chi connectivity index (χ2v) is 10.6. The van der Waals surface area contributed by atoms with E-state index in [4.69, 9.17) is 4.74 Å². The van der Waals surface area contributed by atoms with Crippen LogP contribution in [-0.4, -0.2) is 55.0 Å². The predicted octanol–water partition coefficient (Wildman–Crippen LogP) is 3.32. The van der Waals surface area contributed by atoms with Crippen LogP contribution in [0.5, 0.6) is 5.75 Å². The molecule has 28 heavy (non-hydrogen) atoms. The van der Waals surface area contributed by atoms with Crippen molar-refractivity contribution < 1.29 is 17.4 Å². The van der Waals surface area contributed by atoms with Gasteiger partial charge in [0.15, 0.2) is 0 Å². The van der Waals surface area contributed by atoms with Gasteiger partial charge in [0.2, 0.25) is 0 Å². The van der Waals surface area contributed by atoms with Gasteiger partial charge in [-0.05, 0) is 60.4 Å². The fourth-order valence-corrected chi connectivity index (χ4v) is 6.58. The third kappa shape index (κ3) is 4.03. The van der Waals surface area contributed by atoms with Crippen LogP contribution in [0, 0.1) is 0 Å². The van der Waals surface area contributed by atoms with Gasteiger partial charge in [-0.15, -0.1) is 0 Å². The average Bonchev–Trinajstić information content (AvgIpc) is 3.05. The summed E-state index contributed by atoms with van der Waals surface area (Å²) in [7, 11) is 0.113. The van der Waals surface area contributed by atoms with Crippen molar-refractivity contribution in [3.8, 4) is 5.75 Å². The van der Waals surface area contributed by atoms with Crippen LogP contribution in [0.4, 0.5) is 0 Å². The molecule has 0 N–H and O–H groups in total. The quantitative estimate of drug-likeness (QED) is 0.514. The number of ether oxygens (including phenoxy) is 1. The number of hydrogen-bond donors (Lipinski definition) is 0. The van der Waals surface area contributed by atoms with E-state index in [9.17, 15) is 12.6 Å². The van der Waals surface area contributed by atoms with Crippen LogP contribution in [0.2, 0.25) is 0 Å². The molecular formula is C19H21BrN2O4S2. The lowest BCUT2D eigenvalue weighted by molar-refractivity contribution is 0.415. The van der Waals surface area contributed by atoms with Gasteiger partial charge in [0.05, 0.1) is 28.3 Å². The highest BCUT2D eigenvalue weighted by Gasteiger charge is 2.25. The summed E-state index contributed by atoms with van der Waals surface area (Å²) in [6.07, 6.45) is 1.46. The standard InChI is InChI=1S/C19H21BrN2O4S2/c1-21(2)10-11-27(23)18-13-22(17-9-8-14(26-3)12-15(17)18)28(24,25)19-7-5-4-6-16(19)20/h4-9,12-13H,10-11H2,1-3H3. The van der Waals surface area contributed by atoms with Gasteiger partial charge in [0.1, 0.15) is 10.6 Å². The van der Waals surface area contributed by atoms with Gasteiger partial charge in [-0.3, -0.25) is 4.21 Å². The molecule has 3 rings (SSSR count). The number of fused-ring (bicyclic) bond motifs is 1. The minimum atomic E-state index is -3.88. The van der Waals surface area contributed by atoms with E-state index in [1.54, 1.807) is 43.5 Å². The van der Waals surface area contributed by atoms with Gasteiger partial charge in [0.25, 0.3) is 10.0 Å². The minimum Gasteiger partial charge on any atom is -0.497 e. The maximum atomic E-state index is 13.3. The van der Waals surface area contributed by atoms with Gasteiger partial charge in [0, 0.05) is 28.4 Å². The van der Waals surface area contributed by atoms with Gasteiger partial charge in [-0.25, -0.2) is 12.4 Å². The van der Waals surface area contributed by atoms with Crippen molar-refractivity contribution in [3.63, 3.8) is 0 Å². The Balaban J connectivity index is 2.21. The Hall–Kier alpha value is -1.68. The van der Waals surface area contributed by atoms with Crippen LogP contribution in [-0.2, 0) is 20.8 Å². The zero-order valence-corrected chi connectivity index (χ0v) is 19.0. The summed E-state index contributed by atoms with van der Waals surface area (Å²) >= 11 is 3.31. The lowest BCUT2D eigenvalue weighted by Gasteiger charge is -2.09. The highest BCUT2D eigenvalue weighted by molar-refractivity contribution is 9.10. The predicted molar refractivity (Wildman–Crippen MR) is 115 cm³/mol. The highest BCUT2D eigenvalue weighted by Crippen LogP contribution is 2.32. The molecule has 0 spiro atoms. The highest BCUT2D eigenvalue weighted by atomic mass is 79.9. The van der Waals surface area contributed by atoms with Crippen LogP contribution in [0.15, 0.2) is 62.9 Å². The van der Waals surface area contributed by atoms with Gasteiger partial charge < -0.3 is 9.64 Å². The molecule has 0 aliphatic rings. The Kier molecular flexibility index (Phi) is 6.28. The Morgan fingerprint density at radius 1 is 1.18 bits per heavy atom. The molecular weight excluding hydrogens is 464 g/mol. The number of methoxy groups -OCH3 is 1. The minimum absolute atomic E-state index is 0.147. The Morgan fingerprint density at radius 3 is 2.54 bits per heavy atom. The fraction of sp³-hybridized carbons (Fsp3) is 0.263. The number of nitrogens with zero attached hydrogens (tertiary/aromatic N) is 2. The topological polar surface area (TPSA) is 68.6 Å². The molecule has 6 nitrogen and oxygen atoms in total. The summed E-state index contributed by atoms with van der Waals surface area (Å²) in [5.74, 6) is 0.979. The van der Waals surface area contributed by atoms with E-state index < -0.39 is 20.8 Å². The van der Waals surface area contributed by atoms with E-state index >= 15 is 0 Å².